The third-order valence-electron chi connectivity index (χ3n) is 5.59. The van der Waals surface area contributed by atoms with Crippen molar-refractivity contribution in [2.45, 2.75) is 25.7 Å². The highest BCUT2D eigenvalue weighted by Gasteiger charge is 2.43. The van der Waals surface area contributed by atoms with Crippen LogP contribution in [0.15, 0.2) is 41.4 Å². The molecule has 6 heteroatoms. The molecule has 1 unspecified atom stereocenters. The largest absolute Gasteiger partial charge is 0.342 e. The number of thiophene rings is 1. The summed E-state index contributed by atoms with van der Waals surface area (Å²) in [5.74, 6) is 0.293. The van der Waals surface area contributed by atoms with Gasteiger partial charge in [0.2, 0.25) is 5.91 Å². The van der Waals surface area contributed by atoms with Gasteiger partial charge in [-0.25, -0.2) is 0 Å². The summed E-state index contributed by atoms with van der Waals surface area (Å²) in [4.78, 5) is 33.4. The Balaban J connectivity index is 1.40. The fourth-order valence-electron chi connectivity index (χ4n) is 4.22. The summed E-state index contributed by atoms with van der Waals surface area (Å²) in [5.41, 5.74) is 1.80. The predicted octanol–water partition coefficient (Wildman–Crippen LogP) is 2.84. The van der Waals surface area contributed by atoms with E-state index in [-0.39, 0.29) is 17.2 Å². The molecule has 136 valence electrons. The second kappa shape index (κ2) is 7.19. The fraction of sp³-hybridized carbons (Fsp3) is 0.450. The fourth-order valence-corrected chi connectivity index (χ4v) is 4.85. The van der Waals surface area contributed by atoms with Gasteiger partial charge >= 0.3 is 0 Å². The maximum atomic E-state index is 12.7. The Morgan fingerprint density at radius 3 is 2.81 bits per heavy atom. The summed E-state index contributed by atoms with van der Waals surface area (Å²) >= 11 is 1.55. The minimum atomic E-state index is 0.0640. The zero-order valence-electron chi connectivity index (χ0n) is 14.8. The highest BCUT2D eigenvalue weighted by Crippen LogP contribution is 2.39. The Labute approximate surface area is 157 Å². The lowest BCUT2D eigenvalue weighted by molar-refractivity contribution is -0.133. The van der Waals surface area contributed by atoms with Crippen LogP contribution >= 0.6 is 11.3 Å². The van der Waals surface area contributed by atoms with Crippen LogP contribution in [0.25, 0.3) is 0 Å². The van der Waals surface area contributed by atoms with E-state index >= 15 is 0 Å². The maximum Gasteiger partial charge on any atom is 0.254 e. The van der Waals surface area contributed by atoms with Crippen LogP contribution in [0.1, 0.15) is 35.2 Å². The highest BCUT2D eigenvalue weighted by atomic mass is 32.1. The molecule has 26 heavy (non-hydrogen) atoms. The molecule has 2 aromatic rings. The Morgan fingerprint density at radius 2 is 2.04 bits per heavy atom. The molecule has 2 aliphatic heterocycles. The monoisotopic (exact) mass is 369 g/mol. The van der Waals surface area contributed by atoms with Crippen molar-refractivity contribution < 1.29 is 9.59 Å². The Morgan fingerprint density at radius 1 is 1.15 bits per heavy atom. The van der Waals surface area contributed by atoms with Gasteiger partial charge in [-0.05, 0) is 42.3 Å². The topological polar surface area (TPSA) is 53.5 Å². The first-order valence-corrected chi connectivity index (χ1v) is 10.1. The van der Waals surface area contributed by atoms with Crippen LogP contribution in [0.4, 0.5) is 0 Å². The predicted molar refractivity (Wildman–Crippen MR) is 101 cm³/mol. The highest BCUT2D eigenvalue weighted by molar-refractivity contribution is 7.08. The zero-order chi connectivity index (χ0) is 18.0. The van der Waals surface area contributed by atoms with Crippen molar-refractivity contribution in [2.24, 2.45) is 5.41 Å². The quantitative estimate of drug-likeness (QED) is 0.836. The summed E-state index contributed by atoms with van der Waals surface area (Å²) < 4.78 is 0. The van der Waals surface area contributed by atoms with E-state index < -0.39 is 0 Å². The lowest BCUT2D eigenvalue weighted by Crippen LogP contribution is -2.48. The van der Waals surface area contributed by atoms with Gasteiger partial charge in [-0.1, -0.05) is 6.07 Å². The minimum Gasteiger partial charge on any atom is -0.342 e. The molecule has 5 nitrogen and oxygen atoms in total. The van der Waals surface area contributed by atoms with Crippen LogP contribution in [-0.2, 0) is 11.2 Å². The number of aromatic nitrogens is 1. The molecule has 1 atom stereocenters. The lowest BCUT2D eigenvalue weighted by atomic mass is 9.79. The smallest absolute Gasteiger partial charge is 0.254 e. The molecule has 2 saturated heterocycles. The van der Waals surface area contributed by atoms with Crippen molar-refractivity contribution in [3.05, 3.63) is 52.5 Å². The molecule has 2 fully saturated rings. The lowest BCUT2D eigenvalue weighted by Gasteiger charge is -2.40. The van der Waals surface area contributed by atoms with Gasteiger partial charge in [0, 0.05) is 49.4 Å². The van der Waals surface area contributed by atoms with Gasteiger partial charge in [-0.2, -0.15) is 11.3 Å². The van der Waals surface area contributed by atoms with Crippen molar-refractivity contribution in [3.8, 4) is 0 Å². The van der Waals surface area contributed by atoms with E-state index in [4.69, 9.17) is 0 Å². The molecule has 2 aliphatic rings. The van der Waals surface area contributed by atoms with Crippen LogP contribution in [-0.4, -0.2) is 52.8 Å². The minimum absolute atomic E-state index is 0.0640. The van der Waals surface area contributed by atoms with Gasteiger partial charge in [0.05, 0.1) is 12.0 Å². The van der Waals surface area contributed by atoms with E-state index in [9.17, 15) is 9.59 Å². The second-order valence-corrected chi connectivity index (χ2v) is 8.23. The number of rotatable bonds is 3. The van der Waals surface area contributed by atoms with Crippen LogP contribution < -0.4 is 0 Å². The van der Waals surface area contributed by atoms with E-state index in [0.717, 1.165) is 56.6 Å². The van der Waals surface area contributed by atoms with Crippen LogP contribution in [0.3, 0.4) is 0 Å². The van der Waals surface area contributed by atoms with E-state index in [2.05, 4.69) is 4.98 Å². The van der Waals surface area contributed by atoms with E-state index in [1.54, 1.807) is 23.7 Å². The van der Waals surface area contributed by atoms with Gasteiger partial charge in [0.1, 0.15) is 0 Å². The Bertz CT molecular complexity index is 778. The Kier molecular flexibility index (Phi) is 4.76. The van der Waals surface area contributed by atoms with E-state index in [0.29, 0.717) is 6.42 Å². The standard InChI is InChI=1S/C20H23N3O2S/c24-18(11-16-3-1-7-21-12-16)22-8-2-5-20(14-22)6-9-23(15-20)19(25)17-4-10-26-13-17/h1,3-4,7,10,12-13H,2,5-6,8-9,11,14-15H2. The zero-order valence-corrected chi connectivity index (χ0v) is 15.6. The molecule has 1 spiro atoms. The number of amides is 2. The number of hydrogen-bond acceptors (Lipinski definition) is 4. The maximum absolute atomic E-state index is 12.7. The second-order valence-electron chi connectivity index (χ2n) is 7.45. The van der Waals surface area contributed by atoms with Crippen molar-refractivity contribution in [1.29, 1.82) is 0 Å². The van der Waals surface area contributed by atoms with Crippen LogP contribution in [0.5, 0.6) is 0 Å². The molecule has 2 amide bonds. The summed E-state index contributed by atoms with van der Waals surface area (Å²) in [6, 6.07) is 5.70. The molecule has 4 heterocycles. The SMILES string of the molecule is O=C(Cc1cccnc1)N1CCCC2(CCN(C(=O)c3ccsc3)C2)C1. The number of carbonyl (C=O) groups excluding carboxylic acids is 2. The third kappa shape index (κ3) is 3.51. The first-order chi connectivity index (χ1) is 12.7. The molecule has 0 radical (unpaired) electrons. The van der Waals surface area contributed by atoms with Crippen molar-refractivity contribution in [3.63, 3.8) is 0 Å². The first kappa shape index (κ1) is 17.2. The molecule has 4 rings (SSSR count). The molecule has 0 aliphatic carbocycles. The van der Waals surface area contributed by atoms with Crippen molar-refractivity contribution >= 4 is 23.2 Å². The van der Waals surface area contributed by atoms with Gasteiger partial charge in [0.25, 0.3) is 5.91 Å². The number of hydrogen-bond donors (Lipinski definition) is 0. The molecular formula is C20H23N3O2S. The first-order valence-electron chi connectivity index (χ1n) is 9.13. The van der Waals surface area contributed by atoms with Gasteiger partial charge in [0.15, 0.2) is 0 Å². The van der Waals surface area contributed by atoms with Crippen molar-refractivity contribution in [1.82, 2.24) is 14.8 Å². The Hall–Kier alpha value is -2.21. The number of carbonyl (C=O) groups is 2. The summed E-state index contributed by atoms with van der Waals surface area (Å²) in [6.07, 6.45) is 6.98. The average Bonchev–Trinajstić information content (AvgIpc) is 3.33. The third-order valence-corrected chi connectivity index (χ3v) is 6.27. The molecule has 0 N–H and O–H groups in total. The molecule has 0 saturated carbocycles. The number of likely N-dealkylation sites (tertiary alicyclic amines) is 2. The van der Waals surface area contributed by atoms with Crippen molar-refractivity contribution in [2.75, 3.05) is 26.2 Å². The molecular weight excluding hydrogens is 346 g/mol. The van der Waals surface area contributed by atoms with E-state index in [1.165, 1.54) is 0 Å². The average molecular weight is 369 g/mol. The molecule has 0 bridgehead atoms. The number of piperidine rings is 1. The summed E-state index contributed by atoms with van der Waals surface area (Å²) in [5, 5.41) is 3.86. The van der Waals surface area contributed by atoms with Gasteiger partial charge < -0.3 is 9.80 Å². The van der Waals surface area contributed by atoms with Crippen LogP contribution in [0.2, 0.25) is 0 Å². The normalized spacial score (nSPS) is 22.8. The van der Waals surface area contributed by atoms with Gasteiger partial charge in [-0.15, -0.1) is 0 Å². The molecule has 2 aromatic heterocycles. The summed E-state index contributed by atoms with van der Waals surface area (Å²) in [6.45, 7) is 3.14. The molecule has 0 aromatic carbocycles. The number of pyridine rings is 1. The summed E-state index contributed by atoms with van der Waals surface area (Å²) in [7, 11) is 0. The number of nitrogens with zero attached hydrogens (tertiary/aromatic N) is 3. The van der Waals surface area contributed by atoms with Gasteiger partial charge in [-0.3, -0.25) is 14.6 Å². The van der Waals surface area contributed by atoms with E-state index in [1.807, 2.05) is 38.8 Å². The van der Waals surface area contributed by atoms with Crippen LogP contribution in [0, 0.1) is 5.41 Å².